The SMILES string of the molecule is CC(NCc1ccc(C#N)cc1)C(C)(C)C. The van der Waals surface area contributed by atoms with Crippen molar-refractivity contribution in [3.8, 4) is 6.07 Å². The Bertz CT molecular complexity index is 365. The van der Waals surface area contributed by atoms with Crippen LogP contribution in [-0.4, -0.2) is 6.04 Å². The van der Waals surface area contributed by atoms with E-state index in [1.54, 1.807) is 0 Å². The molecule has 0 bridgehead atoms. The normalized spacial score (nSPS) is 13.2. The summed E-state index contributed by atoms with van der Waals surface area (Å²) in [4.78, 5) is 0. The number of hydrogen-bond donors (Lipinski definition) is 1. The molecule has 1 atom stereocenters. The molecule has 0 amide bonds. The fourth-order valence-corrected chi connectivity index (χ4v) is 1.27. The number of nitriles is 1. The summed E-state index contributed by atoms with van der Waals surface area (Å²) in [6.45, 7) is 9.73. The quantitative estimate of drug-likeness (QED) is 0.842. The molecule has 0 radical (unpaired) electrons. The molecule has 0 fully saturated rings. The van der Waals surface area contributed by atoms with E-state index in [9.17, 15) is 0 Å². The van der Waals surface area contributed by atoms with Crippen LogP contribution in [0, 0.1) is 16.7 Å². The van der Waals surface area contributed by atoms with E-state index in [-0.39, 0.29) is 5.41 Å². The second kappa shape index (κ2) is 5.14. The standard InChI is InChI=1S/C14H20N2/c1-11(14(2,3)4)16-10-13-7-5-12(9-15)6-8-13/h5-8,11,16H,10H2,1-4H3. The van der Waals surface area contributed by atoms with Crippen LogP contribution in [0.25, 0.3) is 0 Å². The summed E-state index contributed by atoms with van der Waals surface area (Å²) >= 11 is 0. The van der Waals surface area contributed by atoms with E-state index in [2.05, 4.69) is 39.1 Å². The smallest absolute Gasteiger partial charge is 0.0991 e. The van der Waals surface area contributed by atoms with Crippen LogP contribution in [0.1, 0.15) is 38.8 Å². The van der Waals surface area contributed by atoms with Crippen LogP contribution < -0.4 is 5.32 Å². The minimum absolute atomic E-state index is 0.270. The highest BCUT2D eigenvalue weighted by molar-refractivity contribution is 5.31. The van der Waals surface area contributed by atoms with Crippen LogP contribution in [0.4, 0.5) is 0 Å². The molecule has 0 spiro atoms. The molecule has 1 rings (SSSR count). The monoisotopic (exact) mass is 216 g/mol. The van der Waals surface area contributed by atoms with Crippen LogP contribution in [0.3, 0.4) is 0 Å². The first kappa shape index (κ1) is 12.7. The fourth-order valence-electron chi connectivity index (χ4n) is 1.27. The predicted octanol–water partition coefficient (Wildman–Crippen LogP) is 3.08. The average Bonchev–Trinajstić information content (AvgIpc) is 2.25. The third-order valence-corrected chi connectivity index (χ3v) is 2.99. The van der Waals surface area contributed by atoms with E-state index in [0.29, 0.717) is 11.6 Å². The summed E-state index contributed by atoms with van der Waals surface area (Å²) in [6.07, 6.45) is 0. The molecule has 0 saturated carbocycles. The molecule has 0 aliphatic carbocycles. The Balaban J connectivity index is 2.53. The van der Waals surface area contributed by atoms with Gasteiger partial charge < -0.3 is 5.32 Å². The molecule has 1 unspecified atom stereocenters. The molecule has 16 heavy (non-hydrogen) atoms. The zero-order valence-corrected chi connectivity index (χ0v) is 10.5. The minimum Gasteiger partial charge on any atom is -0.310 e. The maximum Gasteiger partial charge on any atom is 0.0991 e. The second-order valence-electron chi connectivity index (χ2n) is 5.28. The lowest BCUT2D eigenvalue weighted by Crippen LogP contribution is -2.37. The Morgan fingerprint density at radius 2 is 1.81 bits per heavy atom. The molecule has 86 valence electrons. The van der Waals surface area contributed by atoms with Gasteiger partial charge >= 0.3 is 0 Å². The van der Waals surface area contributed by atoms with Crippen LogP contribution in [0.2, 0.25) is 0 Å². The van der Waals surface area contributed by atoms with Crippen molar-refractivity contribution in [2.45, 2.75) is 40.3 Å². The Kier molecular flexibility index (Phi) is 4.09. The van der Waals surface area contributed by atoms with Gasteiger partial charge in [0.15, 0.2) is 0 Å². The van der Waals surface area contributed by atoms with E-state index in [0.717, 1.165) is 6.54 Å². The Morgan fingerprint density at radius 1 is 1.25 bits per heavy atom. The lowest BCUT2D eigenvalue weighted by atomic mass is 9.88. The Morgan fingerprint density at radius 3 is 2.25 bits per heavy atom. The second-order valence-corrected chi connectivity index (χ2v) is 5.28. The number of benzene rings is 1. The summed E-state index contributed by atoms with van der Waals surface area (Å²) in [5.74, 6) is 0. The van der Waals surface area contributed by atoms with Gasteiger partial charge in [0.1, 0.15) is 0 Å². The summed E-state index contributed by atoms with van der Waals surface area (Å²) in [5.41, 5.74) is 2.20. The number of hydrogen-bond acceptors (Lipinski definition) is 2. The zero-order chi connectivity index (χ0) is 12.2. The van der Waals surface area contributed by atoms with Gasteiger partial charge in [-0.15, -0.1) is 0 Å². The van der Waals surface area contributed by atoms with Gasteiger partial charge in [0.05, 0.1) is 11.6 Å². The van der Waals surface area contributed by atoms with Crippen molar-refractivity contribution in [1.29, 1.82) is 5.26 Å². The highest BCUT2D eigenvalue weighted by Crippen LogP contribution is 2.18. The summed E-state index contributed by atoms with van der Waals surface area (Å²) in [7, 11) is 0. The third-order valence-electron chi connectivity index (χ3n) is 2.99. The summed E-state index contributed by atoms with van der Waals surface area (Å²) < 4.78 is 0. The molecule has 0 saturated heterocycles. The van der Waals surface area contributed by atoms with Crippen molar-refractivity contribution in [2.24, 2.45) is 5.41 Å². The third kappa shape index (κ3) is 3.67. The highest BCUT2D eigenvalue weighted by Gasteiger charge is 2.18. The van der Waals surface area contributed by atoms with Crippen molar-refractivity contribution in [3.05, 3.63) is 35.4 Å². The van der Waals surface area contributed by atoms with Crippen LogP contribution in [-0.2, 0) is 6.54 Å². The van der Waals surface area contributed by atoms with Gasteiger partial charge in [-0.3, -0.25) is 0 Å². The molecule has 0 aliphatic rings. The van der Waals surface area contributed by atoms with E-state index in [4.69, 9.17) is 5.26 Å². The van der Waals surface area contributed by atoms with E-state index in [1.165, 1.54) is 5.56 Å². The largest absolute Gasteiger partial charge is 0.310 e. The molecule has 1 aromatic rings. The van der Waals surface area contributed by atoms with Gasteiger partial charge in [0, 0.05) is 12.6 Å². The lowest BCUT2D eigenvalue weighted by Gasteiger charge is -2.28. The molecule has 2 nitrogen and oxygen atoms in total. The summed E-state index contributed by atoms with van der Waals surface area (Å²) in [5, 5.41) is 12.2. The zero-order valence-electron chi connectivity index (χ0n) is 10.5. The number of nitrogens with one attached hydrogen (secondary N) is 1. The molecular weight excluding hydrogens is 196 g/mol. The first-order chi connectivity index (χ1) is 7.43. The van der Waals surface area contributed by atoms with Gasteiger partial charge in [-0.25, -0.2) is 0 Å². The average molecular weight is 216 g/mol. The van der Waals surface area contributed by atoms with Crippen molar-refractivity contribution < 1.29 is 0 Å². The van der Waals surface area contributed by atoms with Gasteiger partial charge in [0.25, 0.3) is 0 Å². The van der Waals surface area contributed by atoms with Crippen LogP contribution in [0.15, 0.2) is 24.3 Å². The highest BCUT2D eigenvalue weighted by atomic mass is 14.9. The predicted molar refractivity (Wildman–Crippen MR) is 66.9 cm³/mol. The Hall–Kier alpha value is -1.33. The molecule has 2 heteroatoms. The van der Waals surface area contributed by atoms with Crippen molar-refractivity contribution >= 4 is 0 Å². The summed E-state index contributed by atoms with van der Waals surface area (Å²) in [6, 6.07) is 10.3. The van der Waals surface area contributed by atoms with Gasteiger partial charge in [0.2, 0.25) is 0 Å². The molecule has 0 aliphatic heterocycles. The number of rotatable bonds is 3. The minimum atomic E-state index is 0.270. The van der Waals surface area contributed by atoms with E-state index >= 15 is 0 Å². The molecule has 1 aromatic carbocycles. The topological polar surface area (TPSA) is 35.8 Å². The van der Waals surface area contributed by atoms with E-state index < -0.39 is 0 Å². The molecule has 0 aromatic heterocycles. The van der Waals surface area contributed by atoms with Gasteiger partial charge in [-0.1, -0.05) is 32.9 Å². The molecular formula is C14H20N2. The van der Waals surface area contributed by atoms with Gasteiger partial charge in [-0.05, 0) is 30.0 Å². The fraction of sp³-hybridized carbons (Fsp3) is 0.500. The molecule has 0 heterocycles. The van der Waals surface area contributed by atoms with Crippen molar-refractivity contribution in [3.63, 3.8) is 0 Å². The van der Waals surface area contributed by atoms with Crippen molar-refractivity contribution in [2.75, 3.05) is 0 Å². The van der Waals surface area contributed by atoms with Crippen LogP contribution in [0.5, 0.6) is 0 Å². The van der Waals surface area contributed by atoms with Crippen LogP contribution >= 0.6 is 0 Å². The lowest BCUT2D eigenvalue weighted by molar-refractivity contribution is 0.285. The van der Waals surface area contributed by atoms with Gasteiger partial charge in [-0.2, -0.15) is 5.26 Å². The first-order valence-corrected chi connectivity index (χ1v) is 5.66. The first-order valence-electron chi connectivity index (χ1n) is 5.66. The molecule has 1 N–H and O–H groups in total. The number of nitrogens with zero attached hydrogens (tertiary/aromatic N) is 1. The maximum absolute atomic E-state index is 8.69. The van der Waals surface area contributed by atoms with E-state index in [1.807, 2.05) is 24.3 Å². The van der Waals surface area contributed by atoms with Crippen molar-refractivity contribution in [1.82, 2.24) is 5.32 Å². The maximum atomic E-state index is 8.69. The Labute approximate surface area is 98.3 Å².